The lowest BCUT2D eigenvalue weighted by atomic mass is 10.2. The molecular weight excluding hydrogens is 327 g/mol. The van der Waals surface area contributed by atoms with Gasteiger partial charge in [-0.3, -0.25) is 0 Å². The summed E-state index contributed by atoms with van der Waals surface area (Å²) in [6, 6.07) is 7.85. The lowest BCUT2D eigenvalue weighted by Gasteiger charge is -1.97. The molecule has 7 heteroatoms. The van der Waals surface area contributed by atoms with Crippen LogP contribution in [0.1, 0.15) is 0 Å². The summed E-state index contributed by atoms with van der Waals surface area (Å²) in [7, 11) is 0. The quantitative estimate of drug-likeness (QED) is 0.778. The highest BCUT2D eigenvalue weighted by Gasteiger charge is 2.12. The summed E-state index contributed by atoms with van der Waals surface area (Å²) in [4.78, 5) is 8.15. The van der Waals surface area contributed by atoms with Gasteiger partial charge in [0.05, 0.1) is 4.47 Å². The maximum absolute atomic E-state index is 13.2. The summed E-state index contributed by atoms with van der Waals surface area (Å²) >= 11 is 3.12. The number of hydrogen-bond acceptors (Lipinski definition) is 5. The molecule has 0 radical (unpaired) electrons. The van der Waals surface area contributed by atoms with Crippen LogP contribution >= 0.6 is 15.9 Å². The summed E-state index contributed by atoms with van der Waals surface area (Å²) in [5.41, 5.74) is 6.93. The van der Waals surface area contributed by atoms with Crippen LogP contribution < -0.4 is 5.73 Å². The highest BCUT2D eigenvalue weighted by Crippen LogP contribution is 2.26. The first-order valence-electron chi connectivity index (χ1n) is 5.64. The van der Waals surface area contributed by atoms with Gasteiger partial charge in [0, 0.05) is 17.3 Å². The van der Waals surface area contributed by atoms with Gasteiger partial charge in [0.2, 0.25) is 5.82 Å². The summed E-state index contributed by atoms with van der Waals surface area (Å²) in [5, 5.41) is 3.87. The van der Waals surface area contributed by atoms with Gasteiger partial charge < -0.3 is 10.3 Å². The molecule has 100 valence electrons. The minimum Gasteiger partial charge on any atom is -0.384 e. The number of nitrogen functional groups attached to an aromatic ring is 1. The van der Waals surface area contributed by atoms with E-state index >= 15 is 0 Å². The molecule has 2 heterocycles. The molecule has 2 aromatic heterocycles. The highest BCUT2D eigenvalue weighted by atomic mass is 79.9. The zero-order valence-electron chi connectivity index (χ0n) is 10.0. The number of nitrogens with two attached hydrogens (primary N) is 1. The van der Waals surface area contributed by atoms with Crippen molar-refractivity contribution in [3.05, 3.63) is 46.8 Å². The number of rotatable bonds is 2. The van der Waals surface area contributed by atoms with Crippen molar-refractivity contribution in [3.8, 4) is 22.8 Å². The predicted octanol–water partition coefficient (Wildman–Crippen LogP) is 3.28. The van der Waals surface area contributed by atoms with Crippen LogP contribution in [0.15, 0.2) is 45.5 Å². The Morgan fingerprint density at radius 3 is 2.75 bits per heavy atom. The third-order valence-electron chi connectivity index (χ3n) is 2.63. The van der Waals surface area contributed by atoms with Gasteiger partial charge in [-0.25, -0.2) is 9.37 Å². The van der Waals surface area contributed by atoms with Crippen LogP contribution in [0.5, 0.6) is 0 Å². The first-order valence-corrected chi connectivity index (χ1v) is 6.44. The molecule has 3 rings (SSSR count). The van der Waals surface area contributed by atoms with Crippen molar-refractivity contribution in [2.45, 2.75) is 0 Å². The smallest absolute Gasteiger partial charge is 0.258 e. The largest absolute Gasteiger partial charge is 0.384 e. The number of anilines is 1. The van der Waals surface area contributed by atoms with E-state index in [4.69, 9.17) is 10.3 Å². The standard InChI is InChI=1S/C13H8BrFN4O/c14-9-5-7(1-2-10(9)15)12-18-13(20-19-12)8-3-4-17-11(16)6-8/h1-6H,(H2,16,17). The molecule has 20 heavy (non-hydrogen) atoms. The summed E-state index contributed by atoms with van der Waals surface area (Å²) in [6.45, 7) is 0. The third kappa shape index (κ3) is 2.39. The molecule has 0 fully saturated rings. The topological polar surface area (TPSA) is 77.8 Å². The van der Waals surface area contributed by atoms with E-state index < -0.39 is 0 Å². The van der Waals surface area contributed by atoms with Crippen molar-refractivity contribution in [1.29, 1.82) is 0 Å². The van der Waals surface area contributed by atoms with Crippen LogP contribution in [0.2, 0.25) is 0 Å². The number of benzene rings is 1. The zero-order chi connectivity index (χ0) is 14.1. The number of aromatic nitrogens is 3. The lowest BCUT2D eigenvalue weighted by molar-refractivity contribution is 0.432. The van der Waals surface area contributed by atoms with Gasteiger partial charge in [-0.1, -0.05) is 5.16 Å². The van der Waals surface area contributed by atoms with Crippen LogP contribution in [0, 0.1) is 5.82 Å². The Hall–Kier alpha value is -2.28. The summed E-state index contributed by atoms with van der Waals surface area (Å²) in [6.07, 6.45) is 1.56. The van der Waals surface area contributed by atoms with Gasteiger partial charge in [-0.15, -0.1) is 0 Å². The molecule has 1 aromatic carbocycles. The van der Waals surface area contributed by atoms with E-state index in [2.05, 4.69) is 31.1 Å². The molecule has 0 saturated carbocycles. The average molecular weight is 335 g/mol. The first kappa shape index (κ1) is 12.7. The molecule has 0 amide bonds. The SMILES string of the molecule is Nc1cc(-c2nc(-c3ccc(F)c(Br)c3)no2)ccn1. The highest BCUT2D eigenvalue weighted by molar-refractivity contribution is 9.10. The van der Waals surface area contributed by atoms with Crippen molar-refractivity contribution < 1.29 is 8.91 Å². The number of halogens is 2. The fraction of sp³-hybridized carbons (Fsp3) is 0. The van der Waals surface area contributed by atoms with Crippen LogP contribution in [-0.2, 0) is 0 Å². The summed E-state index contributed by atoms with van der Waals surface area (Å²) in [5.74, 6) is 0.719. The van der Waals surface area contributed by atoms with Crippen molar-refractivity contribution in [2.24, 2.45) is 0 Å². The molecule has 0 atom stereocenters. The van der Waals surface area contributed by atoms with Crippen molar-refractivity contribution in [3.63, 3.8) is 0 Å². The lowest BCUT2D eigenvalue weighted by Crippen LogP contribution is -1.89. The van der Waals surface area contributed by atoms with E-state index in [0.29, 0.717) is 33.1 Å². The molecule has 2 N–H and O–H groups in total. The number of hydrogen-bond donors (Lipinski definition) is 1. The molecule has 0 saturated heterocycles. The Balaban J connectivity index is 1.99. The van der Waals surface area contributed by atoms with Crippen LogP contribution in [0.4, 0.5) is 10.2 Å². The van der Waals surface area contributed by atoms with Crippen molar-refractivity contribution >= 4 is 21.7 Å². The van der Waals surface area contributed by atoms with E-state index in [-0.39, 0.29) is 5.82 Å². The van der Waals surface area contributed by atoms with Gasteiger partial charge in [-0.2, -0.15) is 4.98 Å². The van der Waals surface area contributed by atoms with E-state index in [1.54, 1.807) is 30.5 Å². The van der Waals surface area contributed by atoms with Gasteiger partial charge in [0.25, 0.3) is 5.89 Å². The van der Waals surface area contributed by atoms with E-state index in [0.717, 1.165) is 0 Å². The second-order valence-electron chi connectivity index (χ2n) is 4.02. The van der Waals surface area contributed by atoms with Crippen LogP contribution in [0.25, 0.3) is 22.8 Å². The molecule has 0 bridgehead atoms. The van der Waals surface area contributed by atoms with Gasteiger partial charge in [0.15, 0.2) is 0 Å². The molecule has 0 aliphatic heterocycles. The second-order valence-corrected chi connectivity index (χ2v) is 4.88. The molecule has 0 aliphatic rings. The van der Waals surface area contributed by atoms with Gasteiger partial charge in [-0.05, 0) is 46.3 Å². The number of nitrogens with zero attached hydrogens (tertiary/aromatic N) is 3. The molecule has 0 spiro atoms. The molecule has 5 nitrogen and oxygen atoms in total. The molecular formula is C13H8BrFN4O. The molecule has 0 unspecified atom stereocenters. The fourth-order valence-corrected chi connectivity index (χ4v) is 2.05. The minimum absolute atomic E-state index is 0.328. The Kier molecular flexibility index (Phi) is 3.19. The van der Waals surface area contributed by atoms with E-state index in [9.17, 15) is 4.39 Å². The Morgan fingerprint density at radius 2 is 2.00 bits per heavy atom. The number of pyridine rings is 1. The average Bonchev–Trinajstić information content (AvgIpc) is 2.92. The molecule has 0 aliphatic carbocycles. The zero-order valence-corrected chi connectivity index (χ0v) is 11.6. The Bertz CT molecular complexity index is 775. The van der Waals surface area contributed by atoms with E-state index in [1.807, 2.05) is 0 Å². The van der Waals surface area contributed by atoms with Gasteiger partial charge in [0.1, 0.15) is 11.6 Å². The van der Waals surface area contributed by atoms with Crippen LogP contribution in [-0.4, -0.2) is 15.1 Å². The second kappa shape index (κ2) is 5.01. The normalized spacial score (nSPS) is 10.7. The minimum atomic E-state index is -0.348. The monoisotopic (exact) mass is 334 g/mol. The van der Waals surface area contributed by atoms with Crippen LogP contribution in [0.3, 0.4) is 0 Å². The Labute approximate surface area is 121 Å². The van der Waals surface area contributed by atoms with Crippen molar-refractivity contribution in [2.75, 3.05) is 5.73 Å². The van der Waals surface area contributed by atoms with Crippen molar-refractivity contribution in [1.82, 2.24) is 15.1 Å². The predicted molar refractivity (Wildman–Crippen MR) is 75.0 cm³/mol. The first-order chi connectivity index (χ1) is 9.63. The van der Waals surface area contributed by atoms with Gasteiger partial charge >= 0.3 is 0 Å². The Morgan fingerprint density at radius 1 is 1.15 bits per heavy atom. The molecule has 3 aromatic rings. The maximum Gasteiger partial charge on any atom is 0.258 e. The van der Waals surface area contributed by atoms with E-state index in [1.165, 1.54) is 6.07 Å². The maximum atomic E-state index is 13.2. The fourth-order valence-electron chi connectivity index (χ4n) is 1.67. The summed E-state index contributed by atoms with van der Waals surface area (Å²) < 4.78 is 18.7. The third-order valence-corrected chi connectivity index (χ3v) is 3.24.